The first-order valence-electron chi connectivity index (χ1n) is 13.0. The minimum absolute atomic E-state index is 0.0499. The number of hydrogen-bond donors (Lipinski definition) is 1. The van der Waals surface area contributed by atoms with Crippen LogP contribution in [0.4, 0.5) is 5.69 Å². The standard InChI is InChI=1S/C30H36ClN3O5S/c1-5-22(2)32-30(36)27(19-23-12-7-6-8-13-23)33(20-24-14-11-15-25(31)18-24)29(35)21-34(40(4,37)38)26-16-9-10-17-28(26)39-3/h6-18,22,27H,5,19-21H2,1-4H3,(H,32,36)/t22-,27-/m0/s1. The number of halogens is 1. The Bertz CT molecular complexity index is 1400. The summed E-state index contributed by atoms with van der Waals surface area (Å²) in [7, 11) is -2.47. The molecule has 1 N–H and O–H groups in total. The van der Waals surface area contributed by atoms with E-state index in [0.29, 0.717) is 22.8 Å². The molecular weight excluding hydrogens is 550 g/mol. The summed E-state index contributed by atoms with van der Waals surface area (Å²) in [4.78, 5) is 29.2. The first kappa shape index (κ1) is 31.0. The Labute approximate surface area is 241 Å². The van der Waals surface area contributed by atoms with Gasteiger partial charge in [-0.2, -0.15) is 0 Å². The van der Waals surface area contributed by atoms with Crippen molar-refractivity contribution in [1.29, 1.82) is 0 Å². The van der Waals surface area contributed by atoms with Crippen molar-refractivity contribution in [3.63, 3.8) is 0 Å². The maximum absolute atomic E-state index is 14.1. The number of ether oxygens (including phenoxy) is 1. The van der Waals surface area contributed by atoms with Crippen LogP contribution in [0.2, 0.25) is 5.02 Å². The van der Waals surface area contributed by atoms with Gasteiger partial charge in [0.15, 0.2) is 0 Å². The topological polar surface area (TPSA) is 96.0 Å². The van der Waals surface area contributed by atoms with Crippen LogP contribution in [0.1, 0.15) is 31.4 Å². The van der Waals surface area contributed by atoms with Gasteiger partial charge in [0.05, 0.1) is 19.1 Å². The van der Waals surface area contributed by atoms with Crippen LogP contribution < -0.4 is 14.4 Å². The Morgan fingerprint density at radius 3 is 2.25 bits per heavy atom. The fourth-order valence-electron chi connectivity index (χ4n) is 4.26. The lowest BCUT2D eigenvalue weighted by Crippen LogP contribution is -2.54. The van der Waals surface area contributed by atoms with E-state index in [1.165, 1.54) is 12.0 Å². The highest BCUT2D eigenvalue weighted by Gasteiger charge is 2.34. The Kier molecular flexibility index (Phi) is 11.0. The number of anilines is 1. The van der Waals surface area contributed by atoms with E-state index in [1.54, 1.807) is 42.5 Å². The van der Waals surface area contributed by atoms with Gasteiger partial charge in [0.25, 0.3) is 0 Å². The summed E-state index contributed by atoms with van der Waals surface area (Å²) in [5.74, 6) is -0.564. The van der Waals surface area contributed by atoms with Crippen molar-refractivity contribution >= 4 is 39.1 Å². The number of nitrogens with one attached hydrogen (secondary N) is 1. The maximum atomic E-state index is 14.1. The summed E-state index contributed by atoms with van der Waals surface area (Å²) in [5, 5.41) is 3.49. The molecule has 0 aliphatic heterocycles. The lowest BCUT2D eigenvalue weighted by atomic mass is 10.0. The molecule has 0 aromatic heterocycles. The quantitative estimate of drug-likeness (QED) is 0.314. The van der Waals surface area contributed by atoms with Crippen molar-refractivity contribution in [2.75, 3.05) is 24.2 Å². The first-order valence-corrected chi connectivity index (χ1v) is 15.2. The molecule has 2 amide bonds. The van der Waals surface area contributed by atoms with Crippen molar-refractivity contribution in [1.82, 2.24) is 10.2 Å². The van der Waals surface area contributed by atoms with Gasteiger partial charge in [0, 0.05) is 24.0 Å². The number of para-hydroxylation sites is 2. The Morgan fingerprint density at radius 1 is 0.975 bits per heavy atom. The molecule has 0 heterocycles. The smallest absolute Gasteiger partial charge is 0.244 e. The number of benzene rings is 3. The van der Waals surface area contributed by atoms with Gasteiger partial charge in [0.1, 0.15) is 18.3 Å². The van der Waals surface area contributed by atoms with Gasteiger partial charge in [-0.3, -0.25) is 13.9 Å². The highest BCUT2D eigenvalue weighted by molar-refractivity contribution is 7.92. The van der Waals surface area contributed by atoms with Crippen LogP contribution in [-0.4, -0.2) is 57.1 Å². The molecule has 10 heteroatoms. The predicted molar refractivity (Wildman–Crippen MR) is 159 cm³/mol. The average molecular weight is 586 g/mol. The Morgan fingerprint density at radius 2 is 1.62 bits per heavy atom. The van der Waals surface area contributed by atoms with Crippen molar-refractivity contribution in [2.45, 2.75) is 45.3 Å². The third kappa shape index (κ3) is 8.47. The average Bonchev–Trinajstić information content (AvgIpc) is 2.93. The zero-order valence-electron chi connectivity index (χ0n) is 23.2. The SMILES string of the molecule is CC[C@H](C)NC(=O)[C@H](Cc1ccccc1)N(Cc1cccc(Cl)c1)C(=O)CN(c1ccccc1OC)S(C)(=O)=O. The van der Waals surface area contributed by atoms with Crippen molar-refractivity contribution in [3.05, 3.63) is 95.0 Å². The van der Waals surface area contributed by atoms with Crippen LogP contribution in [0.3, 0.4) is 0 Å². The molecular formula is C30H36ClN3O5S. The largest absolute Gasteiger partial charge is 0.495 e. The summed E-state index contributed by atoms with van der Waals surface area (Å²) >= 11 is 6.24. The van der Waals surface area contributed by atoms with Gasteiger partial charge in [-0.15, -0.1) is 0 Å². The third-order valence-electron chi connectivity index (χ3n) is 6.55. The van der Waals surface area contributed by atoms with Gasteiger partial charge in [-0.25, -0.2) is 8.42 Å². The Balaban J connectivity index is 2.08. The number of methoxy groups -OCH3 is 1. The van der Waals surface area contributed by atoms with Crippen LogP contribution in [0, 0.1) is 0 Å². The number of sulfonamides is 1. The third-order valence-corrected chi connectivity index (χ3v) is 7.91. The van der Waals surface area contributed by atoms with E-state index in [-0.39, 0.29) is 30.6 Å². The first-order chi connectivity index (χ1) is 19.0. The zero-order chi connectivity index (χ0) is 29.3. The highest BCUT2D eigenvalue weighted by atomic mass is 35.5. The number of carbonyl (C=O) groups excluding carboxylic acids is 2. The van der Waals surface area contributed by atoms with Gasteiger partial charge >= 0.3 is 0 Å². The minimum atomic E-state index is -3.90. The van der Waals surface area contributed by atoms with Crippen molar-refractivity contribution in [2.24, 2.45) is 0 Å². The molecule has 214 valence electrons. The van der Waals surface area contributed by atoms with E-state index in [1.807, 2.05) is 50.2 Å². The van der Waals surface area contributed by atoms with Crippen molar-refractivity contribution < 1.29 is 22.7 Å². The van der Waals surface area contributed by atoms with Crippen LogP contribution in [0.5, 0.6) is 5.75 Å². The molecule has 0 radical (unpaired) electrons. The highest BCUT2D eigenvalue weighted by Crippen LogP contribution is 2.30. The van der Waals surface area contributed by atoms with Crippen LogP contribution >= 0.6 is 11.6 Å². The molecule has 3 aromatic rings. The summed E-state index contributed by atoms with van der Waals surface area (Å²) in [6.45, 7) is 3.38. The summed E-state index contributed by atoms with van der Waals surface area (Å²) in [6, 6.07) is 22.0. The molecule has 0 saturated carbocycles. The zero-order valence-corrected chi connectivity index (χ0v) is 24.8. The summed E-state index contributed by atoms with van der Waals surface area (Å²) in [6.07, 6.45) is 1.98. The summed E-state index contributed by atoms with van der Waals surface area (Å²) < 4.78 is 32.3. The number of hydrogen-bond acceptors (Lipinski definition) is 5. The van der Waals surface area contributed by atoms with Gasteiger partial charge in [-0.1, -0.05) is 73.1 Å². The van der Waals surface area contributed by atoms with E-state index < -0.39 is 28.5 Å². The van der Waals surface area contributed by atoms with E-state index in [0.717, 1.165) is 16.1 Å². The second-order valence-electron chi connectivity index (χ2n) is 9.62. The molecule has 0 saturated heterocycles. The molecule has 0 aliphatic rings. The second kappa shape index (κ2) is 14.2. The lowest BCUT2D eigenvalue weighted by Gasteiger charge is -2.34. The molecule has 0 bridgehead atoms. The normalized spacial score (nSPS) is 12.7. The van der Waals surface area contributed by atoms with Crippen molar-refractivity contribution in [3.8, 4) is 5.75 Å². The summed E-state index contributed by atoms with van der Waals surface area (Å²) in [5.41, 5.74) is 1.80. The van der Waals surface area contributed by atoms with Gasteiger partial charge < -0.3 is 15.0 Å². The van der Waals surface area contributed by atoms with Crippen LogP contribution in [0.25, 0.3) is 0 Å². The Hall–Kier alpha value is -3.56. The molecule has 3 aromatic carbocycles. The molecule has 3 rings (SSSR count). The van der Waals surface area contributed by atoms with Gasteiger partial charge in [-0.05, 0) is 48.7 Å². The number of nitrogens with zero attached hydrogens (tertiary/aromatic N) is 2. The predicted octanol–water partition coefficient (Wildman–Crippen LogP) is 4.67. The molecule has 0 spiro atoms. The van der Waals surface area contributed by atoms with E-state index >= 15 is 0 Å². The van der Waals surface area contributed by atoms with Crippen LogP contribution in [0.15, 0.2) is 78.9 Å². The fraction of sp³-hybridized carbons (Fsp3) is 0.333. The number of carbonyl (C=O) groups is 2. The molecule has 40 heavy (non-hydrogen) atoms. The van der Waals surface area contributed by atoms with E-state index in [4.69, 9.17) is 16.3 Å². The molecule has 0 fully saturated rings. The molecule has 2 atom stereocenters. The molecule has 0 aliphatic carbocycles. The lowest BCUT2D eigenvalue weighted by molar-refractivity contribution is -0.140. The maximum Gasteiger partial charge on any atom is 0.244 e. The molecule has 0 unspecified atom stereocenters. The fourth-order valence-corrected chi connectivity index (χ4v) is 5.32. The molecule has 8 nitrogen and oxygen atoms in total. The number of amides is 2. The second-order valence-corrected chi connectivity index (χ2v) is 12.0. The van der Waals surface area contributed by atoms with Gasteiger partial charge in [0.2, 0.25) is 21.8 Å². The number of rotatable bonds is 13. The van der Waals surface area contributed by atoms with Crippen LogP contribution in [-0.2, 0) is 32.6 Å². The van der Waals surface area contributed by atoms with E-state index in [9.17, 15) is 18.0 Å². The minimum Gasteiger partial charge on any atom is -0.495 e. The monoisotopic (exact) mass is 585 g/mol. The van der Waals surface area contributed by atoms with E-state index in [2.05, 4.69) is 5.32 Å².